The Morgan fingerprint density at radius 1 is 1.20 bits per heavy atom. The van der Waals surface area contributed by atoms with Gasteiger partial charge in [-0.1, -0.05) is 23.5 Å². The number of hydrogen-bond donors (Lipinski definition) is 2. The van der Waals surface area contributed by atoms with Crippen molar-refractivity contribution in [1.82, 2.24) is 19.9 Å². The molecule has 0 aliphatic heterocycles. The van der Waals surface area contributed by atoms with Crippen molar-refractivity contribution in [2.45, 2.75) is 33.7 Å². The van der Waals surface area contributed by atoms with E-state index in [0.717, 1.165) is 26.9 Å². The lowest BCUT2D eigenvalue weighted by atomic mass is 10.1. The molecule has 0 radical (unpaired) electrons. The molecule has 3 aromatic rings. The molecule has 0 atom stereocenters. The number of hydrogen-bond acceptors (Lipinski definition) is 5. The second kappa shape index (κ2) is 7.02. The van der Waals surface area contributed by atoms with Crippen LogP contribution in [0.1, 0.15) is 28.9 Å². The van der Waals surface area contributed by atoms with Crippen LogP contribution in [0.15, 0.2) is 24.3 Å². The summed E-state index contributed by atoms with van der Waals surface area (Å²) in [6, 6.07) is 7.23. The number of amides is 2. The third kappa shape index (κ3) is 4.03. The lowest BCUT2D eigenvalue weighted by molar-refractivity contribution is -0.120. The number of fused-ring (bicyclic) bond motifs is 1. The first-order valence-corrected chi connectivity index (χ1v) is 8.69. The van der Waals surface area contributed by atoms with Gasteiger partial charge in [-0.25, -0.2) is 9.50 Å². The van der Waals surface area contributed by atoms with Gasteiger partial charge in [0.25, 0.3) is 0 Å². The summed E-state index contributed by atoms with van der Waals surface area (Å²) in [5.74, 6) is -0.196. The summed E-state index contributed by atoms with van der Waals surface area (Å²) in [5, 5.41) is 11.0. The van der Waals surface area contributed by atoms with E-state index >= 15 is 0 Å². The number of rotatable bonds is 5. The van der Waals surface area contributed by atoms with E-state index in [1.165, 1.54) is 18.3 Å². The van der Waals surface area contributed by atoms with Gasteiger partial charge in [-0.3, -0.25) is 9.59 Å². The van der Waals surface area contributed by atoms with Crippen LogP contribution in [0, 0.1) is 13.8 Å². The SMILES string of the molecule is CC(=O)Nc1ccc(CC(=O)NCc2c(C)nc3sc(C)nn23)cc1. The molecular formula is C17H19N5O2S. The molecule has 2 N–H and O–H groups in total. The second-order valence-corrected chi connectivity index (χ2v) is 6.95. The zero-order valence-electron chi connectivity index (χ0n) is 14.3. The summed E-state index contributed by atoms with van der Waals surface area (Å²) in [5.41, 5.74) is 3.37. The van der Waals surface area contributed by atoms with E-state index in [1.54, 1.807) is 16.6 Å². The highest BCUT2D eigenvalue weighted by Crippen LogP contribution is 2.17. The predicted octanol–water partition coefficient (Wildman–Crippen LogP) is 2.22. The number of carbonyl (C=O) groups excluding carboxylic acids is 2. The van der Waals surface area contributed by atoms with Crippen LogP contribution >= 0.6 is 11.3 Å². The van der Waals surface area contributed by atoms with Crippen molar-refractivity contribution in [2.75, 3.05) is 5.32 Å². The summed E-state index contributed by atoms with van der Waals surface area (Å²) in [7, 11) is 0. The molecule has 0 aliphatic carbocycles. The van der Waals surface area contributed by atoms with Gasteiger partial charge >= 0.3 is 0 Å². The Kier molecular flexibility index (Phi) is 4.80. The normalized spacial score (nSPS) is 10.8. The molecule has 3 rings (SSSR count). The van der Waals surface area contributed by atoms with Gasteiger partial charge in [0.2, 0.25) is 16.8 Å². The molecular weight excluding hydrogens is 338 g/mol. The van der Waals surface area contributed by atoms with Crippen molar-refractivity contribution < 1.29 is 9.59 Å². The average molecular weight is 357 g/mol. The highest BCUT2D eigenvalue weighted by molar-refractivity contribution is 7.16. The van der Waals surface area contributed by atoms with E-state index in [1.807, 2.05) is 26.0 Å². The minimum atomic E-state index is -0.120. The van der Waals surface area contributed by atoms with Crippen LogP contribution < -0.4 is 10.6 Å². The third-order valence-corrected chi connectivity index (χ3v) is 4.51. The lowest BCUT2D eigenvalue weighted by Crippen LogP contribution is -2.25. The molecule has 0 aliphatic rings. The van der Waals surface area contributed by atoms with Crippen molar-refractivity contribution in [2.24, 2.45) is 0 Å². The van der Waals surface area contributed by atoms with Gasteiger partial charge in [0.15, 0.2) is 0 Å². The number of benzene rings is 1. The van der Waals surface area contributed by atoms with E-state index in [4.69, 9.17) is 0 Å². The van der Waals surface area contributed by atoms with E-state index in [0.29, 0.717) is 12.2 Å². The van der Waals surface area contributed by atoms with Gasteiger partial charge in [-0.05, 0) is 31.5 Å². The number of nitrogens with zero attached hydrogens (tertiary/aromatic N) is 3. The summed E-state index contributed by atoms with van der Waals surface area (Å²) in [4.78, 5) is 28.5. The Hall–Kier alpha value is -2.74. The van der Waals surface area contributed by atoms with Gasteiger partial charge in [-0.2, -0.15) is 5.10 Å². The van der Waals surface area contributed by atoms with Crippen molar-refractivity contribution >= 4 is 33.8 Å². The Morgan fingerprint density at radius 2 is 1.92 bits per heavy atom. The summed E-state index contributed by atoms with van der Waals surface area (Å²) >= 11 is 1.53. The maximum atomic E-state index is 12.2. The van der Waals surface area contributed by atoms with Crippen LogP contribution in [0.4, 0.5) is 5.69 Å². The van der Waals surface area contributed by atoms with Crippen LogP contribution in [-0.2, 0) is 22.6 Å². The van der Waals surface area contributed by atoms with Crippen molar-refractivity contribution in [1.29, 1.82) is 0 Å². The quantitative estimate of drug-likeness (QED) is 0.733. The van der Waals surface area contributed by atoms with E-state index < -0.39 is 0 Å². The average Bonchev–Trinajstić information content (AvgIpc) is 3.02. The molecule has 8 heteroatoms. The number of aryl methyl sites for hydroxylation is 2. The molecule has 2 amide bonds. The van der Waals surface area contributed by atoms with Gasteiger partial charge < -0.3 is 10.6 Å². The standard InChI is InChI=1S/C17H19N5O2S/c1-10-15(22-17(19-10)25-12(3)21-22)9-18-16(24)8-13-4-6-14(7-5-13)20-11(2)23/h4-7H,8-9H2,1-3H3,(H,18,24)(H,20,23). The second-order valence-electron chi connectivity index (χ2n) is 5.79. The van der Waals surface area contributed by atoms with Crippen molar-refractivity contribution in [3.63, 3.8) is 0 Å². The third-order valence-electron chi connectivity index (χ3n) is 3.69. The maximum Gasteiger partial charge on any atom is 0.224 e. The smallest absolute Gasteiger partial charge is 0.224 e. The van der Waals surface area contributed by atoms with Crippen molar-refractivity contribution in [3.8, 4) is 0 Å². The zero-order chi connectivity index (χ0) is 18.0. The Balaban J connectivity index is 1.60. The van der Waals surface area contributed by atoms with Gasteiger partial charge in [-0.15, -0.1) is 0 Å². The first-order chi connectivity index (χ1) is 11.9. The minimum absolute atomic E-state index is 0.0754. The van der Waals surface area contributed by atoms with Gasteiger partial charge in [0.05, 0.1) is 24.4 Å². The highest BCUT2D eigenvalue weighted by Gasteiger charge is 2.13. The van der Waals surface area contributed by atoms with Gasteiger partial charge in [0, 0.05) is 12.6 Å². The Bertz CT molecular complexity index is 927. The number of aromatic nitrogens is 3. The fraction of sp³-hybridized carbons (Fsp3) is 0.294. The highest BCUT2D eigenvalue weighted by atomic mass is 32.1. The number of imidazole rings is 1. The predicted molar refractivity (Wildman–Crippen MR) is 96.6 cm³/mol. The molecule has 25 heavy (non-hydrogen) atoms. The molecule has 0 fully saturated rings. The number of anilines is 1. The summed E-state index contributed by atoms with van der Waals surface area (Å²) < 4.78 is 1.79. The number of nitrogens with one attached hydrogen (secondary N) is 2. The van der Waals surface area contributed by atoms with Crippen LogP contribution in [0.5, 0.6) is 0 Å². The molecule has 0 bridgehead atoms. The van der Waals surface area contributed by atoms with Crippen LogP contribution in [0.2, 0.25) is 0 Å². The zero-order valence-corrected chi connectivity index (χ0v) is 15.1. The summed E-state index contributed by atoms with van der Waals surface area (Å²) in [6.45, 7) is 5.69. The molecule has 0 unspecified atom stereocenters. The van der Waals surface area contributed by atoms with Crippen LogP contribution in [0.25, 0.3) is 4.96 Å². The first kappa shape index (κ1) is 17.1. The minimum Gasteiger partial charge on any atom is -0.350 e. The number of carbonyl (C=O) groups is 2. The van der Waals surface area contributed by atoms with Crippen LogP contribution in [0.3, 0.4) is 0 Å². The molecule has 0 saturated carbocycles. The Morgan fingerprint density at radius 3 is 2.60 bits per heavy atom. The fourth-order valence-electron chi connectivity index (χ4n) is 2.53. The van der Waals surface area contributed by atoms with E-state index in [2.05, 4.69) is 20.7 Å². The maximum absolute atomic E-state index is 12.2. The van der Waals surface area contributed by atoms with E-state index in [-0.39, 0.29) is 18.2 Å². The van der Waals surface area contributed by atoms with Gasteiger partial charge in [0.1, 0.15) is 5.01 Å². The molecule has 130 valence electrons. The summed E-state index contributed by atoms with van der Waals surface area (Å²) in [6.07, 6.45) is 0.275. The van der Waals surface area contributed by atoms with E-state index in [9.17, 15) is 9.59 Å². The Labute approximate surface area is 149 Å². The largest absolute Gasteiger partial charge is 0.350 e. The van der Waals surface area contributed by atoms with Crippen molar-refractivity contribution in [3.05, 3.63) is 46.2 Å². The molecule has 1 aromatic carbocycles. The van der Waals surface area contributed by atoms with Crippen LogP contribution in [-0.4, -0.2) is 26.4 Å². The molecule has 0 saturated heterocycles. The monoisotopic (exact) mass is 357 g/mol. The molecule has 0 spiro atoms. The fourth-order valence-corrected chi connectivity index (χ4v) is 3.34. The molecule has 7 nitrogen and oxygen atoms in total. The molecule has 2 heterocycles. The topological polar surface area (TPSA) is 88.4 Å². The molecule has 2 aromatic heterocycles. The lowest BCUT2D eigenvalue weighted by Gasteiger charge is -2.07. The first-order valence-electron chi connectivity index (χ1n) is 7.87.